The molecule has 0 aromatic rings. The molecule has 0 aliphatic rings. The van der Waals surface area contributed by atoms with Gasteiger partial charge in [0.25, 0.3) is 0 Å². The van der Waals surface area contributed by atoms with Crippen molar-refractivity contribution in [2.45, 2.75) is 130 Å². The fraction of sp³-hybridized carbons (Fsp3) is 0.957. The Kier molecular flexibility index (Phi) is 18.8. The molecule has 0 aliphatic carbocycles. The maximum Gasteiger partial charge on any atom is 0.220 e. The second-order valence-corrected chi connectivity index (χ2v) is 8.30. The number of unbranched alkanes of at least 4 members (excludes halogenated alkanes) is 14. The molecule has 0 rings (SSSR count). The van der Waals surface area contributed by atoms with Gasteiger partial charge in [0, 0.05) is 6.42 Å². The summed E-state index contributed by atoms with van der Waals surface area (Å²) in [6.07, 6.45) is 20.7. The van der Waals surface area contributed by atoms with E-state index < -0.39 is 0 Å². The van der Waals surface area contributed by atoms with Crippen molar-refractivity contribution in [3.63, 3.8) is 0 Å². The van der Waals surface area contributed by atoms with E-state index in [9.17, 15) is 9.90 Å². The molecule has 0 saturated carbocycles. The summed E-state index contributed by atoms with van der Waals surface area (Å²) in [7, 11) is 0. The SMILES string of the molecule is CCCCCCCCCCCCCCCCCC(=O)N[C@@H](CO)C(C)C. The lowest BCUT2D eigenvalue weighted by Crippen LogP contribution is -2.41. The largest absolute Gasteiger partial charge is 0.394 e. The summed E-state index contributed by atoms with van der Waals surface area (Å²) in [4.78, 5) is 11.8. The van der Waals surface area contributed by atoms with Gasteiger partial charge >= 0.3 is 0 Å². The van der Waals surface area contributed by atoms with Gasteiger partial charge < -0.3 is 10.4 Å². The number of carbonyl (C=O) groups excluding carboxylic acids is 1. The summed E-state index contributed by atoms with van der Waals surface area (Å²) >= 11 is 0. The Hall–Kier alpha value is -0.570. The van der Waals surface area contributed by atoms with Crippen LogP contribution in [-0.2, 0) is 4.79 Å². The third kappa shape index (κ3) is 16.9. The molecule has 0 unspecified atom stereocenters. The van der Waals surface area contributed by atoms with Crippen LogP contribution < -0.4 is 5.32 Å². The molecule has 0 fully saturated rings. The van der Waals surface area contributed by atoms with E-state index in [4.69, 9.17) is 0 Å². The molecule has 26 heavy (non-hydrogen) atoms. The zero-order chi connectivity index (χ0) is 19.5. The molecular weight excluding hydrogens is 322 g/mol. The van der Waals surface area contributed by atoms with Crippen molar-refractivity contribution in [3.8, 4) is 0 Å². The Bertz CT molecular complexity index is 305. The molecule has 0 aromatic carbocycles. The lowest BCUT2D eigenvalue weighted by molar-refractivity contribution is -0.122. The quantitative estimate of drug-likeness (QED) is 0.259. The summed E-state index contributed by atoms with van der Waals surface area (Å²) in [6.45, 7) is 6.35. The highest BCUT2D eigenvalue weighted by atomic mass is 16.3. The van der Waals surface area contributed by atoms with Crippen LogP contribution in [-0.4, -0.2) is 23.7 Å². The standard InChI is InChI=1S/C23H47NO2/c1-4-5-6-7-8-9-10-11-12-13-14-15-16-17-18-19-23(26)24-22(20-25)21(2)3/h21-22,25H,4-20H2,1-3H3,(H,24,26)/t22-/m0/s1. The summed E-state index contributed by atoms with van der Waals surface area (Å²) in [6, 6.07) is -0.0983. The van der Waals surface area contributed by atoms with Crippen LogP contribution >= 0.6 is 0 Å². The zero-order valence-electron chi connectivity index (χ0n) is 18.0. The van der Waals surface area contributed by atoms with Crippen molar-refractivity contribution in [2.24, 2.45) is 5.92 Å². The van der Waals surface area contributed by atoms with Crippen molar-refractivity contribution in [1.29, 1.82) is 0 Å². The van der Waals surface area contributed by atoms with Gasteiger partial charge in [-0.15, -0.1) is 0 Å². The van der Waals surface area contributed by atoms with Gasteiger partial charge in [-0.3, -0.25) is 4.79 Å². The predicted octanol–water partition coefficient (Wildman–Crippen LogP) is 6.38. The van der Waals surface area contributed by atoms with Crippen molar-refractivity contribution in [1.82, 2.24) is 5.32 Å². The number of amides is 1. The number of rotatable bonds is 19. The molecule has 1 atom stereocenters. The first kappa shape index (κ1) is 25.4. The van der Waals surface area contributed by atoms with Crippen molar-refractivity contribution in [3.05, 3.63) is 0 Å². The van der Waals surface area contributed by atoms with Crippen molar-refractivity contribution >= 4 is 5.91 Å². The number of hydrogen-bond donors (Lipinski definition) is 2. The minimum absolute atomic E-state index is 0.0300. The van der Waals surface area contributed by atoms with Crippen molar-refractivity contribution in [2.75, 3.05) is 6.61 Å². The summed E-state index contributed by atoms with van der Waals surface area (Å²) in [5, 5.41) is 12.2. The first-order valence-electron chi connectivity index (χ1n) is 11.5. The maximum absolute atomic E-state index is 11.8. The van der Waals surface area contributed by atoms with Crippen LogP contribution in [0.15, 0.2) is 0 Å². The van der Waals surface area contributed by atoms with Crippen LogP contribution in [0, 0.1) is 5.92 Å². The zero-order valence-corrected chi connectivity index (χ0v) is 18.0. The van der Waals surface area contributed by atoms with Crippen LogP contribution in [0.5, 0.6) is 0 Å². The Morgan fingerprint density at radius 1 is 0.731 bits per heavy atom. The average Bonchev–Trinajstić information content (AvgIpc) is 2.62. The Morgan fingerprint density at radius 2 is 1.12 bits per heavy atom. The van der Waals surface area contributed by atoms with Crippen LogP contribution in [0.1, 0.15) is 124 Å². The molecule has 0 bridgehead atoms. The van der Waals surface area contributed by atoms with E-state index in [-0.39, 0.29) is 24.5 Å². The molecule has 0 aliphatic heterocycles. The molecule has 0 aromatic heterocycles. The van der Waals surface area contributed by atoms with Gasteiger partial charge in [0.1, 0.15) is 0 Å². The molecular formula is C23H47NO2. The monoisotopic (exact) mass is 369 g/mol. The second kappa shape index (κ2) is 19.2. The predicted molar refractivity (Wildman–Crippen MR) is 113 cm³/mol. The first-order chi connectivity index (χ1) is 12.6. The van der Waals surface area contributed by atoms with E-state index in [1.165, 1.54) is 83.5 Å². The van der Waals surface area contributed by atoms with Crippen LogP contribution in [0.2, 0.25) is 0 Å². The van der Waals surface area contributed by atoms with Crippen LogP contribution in [0.3, 0.4) is 0 Å². The normalized spacial score (nSPS) is 12.5. The highest BCUT2D eigenvalue weighted by Crippen LogP contribution is 2.13. The number of carbonyl (C=O) groups is 1. The fourth-order valence-corrected chi connectivity index (χ4v) is 3.36. The van der Waals surface area contributed by atoms with E-state index >= 15 is 0 Å². The van der Waals surface area contributed by atoms with Gasteiger partial charge in [-0.25, -0.2) is 0 Å². The van der Waals surface area contributed by atoms with Gasteiger partial charge in [0.2, 0.25) is 5.91 Å². The molecule has 0 spiro atoms. The number of nitrogens with one attached hydrogen (secondary N) is 1. The van der Waals surface area contributed by atoms with Crippen LogP contribution in [0.4, 0.5) is 0 Å². The maximum atomic E-state index is 11.8. The number of hydrogen-bond acceptors (Lipinski definition) is 2. The molecule has 1 amide bonds. The van der Waals surface area contributed by atoms with Crippen LogP contribution in [0.25, 0.3) is 0 Å². The Labute approximate surface area is 163 Å². The van der Waals surface area contributed by atoms with E-state index in [1.54, 1.807) is 0 Å². The Balaban J connectivity index is 3.25. The van der Waals surface area contributed by atoms with E-state index in [0.29, 0.717) is 6.42 Å². The third-order valence-electron chi connectivity index (χ3n) is 5.36. The molecule has 0 heterocycles. The molecule has 3 heteroatoms. The first-order valence-corrected chi connectivity index (χ1v) is 11.5. The lowest BCUT2D eigenvalue weighted by atomic mass is 10.0. The summed E-state index contributed by atoms with van der Waals surface area (Å²) < 4.78 is 0. The Morgan fingerprint density at radius 3 is 1.46 bits per heavy atom. The van der Waals surface area contributed by atoms with Gasteiger partial charge in [-0.05, 0) is 12.3 Å². The number of aliphatic hydroxyl groups excluding tert-OH is 1. The van der Waals surface area contributed by atoms with Crippen molar-refractivity contribution < 1.29 is 9.90 Å². The highest BCUT2D eigenvalue weighted by Gasteiger charge is 2.14. The van der Waals surface area contributed by atoms with Gasteiger partial charge in [-0.2, -0.15) is 0 Å². The van der Waals surface area contributed by atoms with Gasteiger partial charge in [-0.1, -0.05) is 111 Å². The third-order valence-corrected chi connectivity index (χ3v) is 5.36. The smallest absolute Gasteiger partial charge is 0.220 e. The lowest BCUT2D eigenvalue weighted by Gasteiger charge is -2.19. The fourth-order valence-electron chi connectivity index (χ4n) is 3.36. The summed E-state index contributed by atoms with van der Waals surface area (Å²) in [5.41, 5.74) is 0. The molecule has 3 nitrogen and oxygen atoms in total. The van der Waals surface area contributed by atoms with E-state index in [0.717, 1.165) is 12.8 Å². The molecule has 2 N–H and O–H groups in total. The van der Waals surface area contributed by atoms with Gasteiger partial charge in [0.15, 0.2) is 0 Å². The minimum Gasteiger partial charge on any atom is -0.394 e. The molecule has 0 saturated heterocycles. The molecule has 0 radical (unpaired) electrons. The second-order valence-electron chi connectivity index (χ2n) is 8.30. The average molecular weight is 370 g/mol. The van der Waals surface area contributed by atoms with Gasteiger partial charge in [0.05, 0.1) is 12.6 Å². The molecule has 156 valence electrons. The van der Waals surface area contributed by atoms with E-state index in [1.807, 2.05) is 13.8 Å². The summed E-state index contributed by atoms with van der Waals surface area (Å²) in [5.74, 6) is 0.373. The van der Waals surface area contributed by atoms with E-state index in [2.05, 4.69) is 12.2 Å². The topological polar surface area (TPSA) is 49.3 Å². The number of aliphatic hydroxyl groups is 1. The highest BCUT2D eigenvalue weighted by molar-refractivity contribution is 5.76. The minimum atomic E-state index is -0.0983.